The van der Waals surface area contributed by atoms with E-state index in [0.717, 1.165) is 15.7 Å². The summed E-state index contributed by atoms with van der Waals surface area (Å²) in [5, 5.41) is 10.6. The number of aliphatic hydroxyl groups excluding tert-OH is 1. The molecule has 0 radical (unpaired) electrons. The van der Waals surface area contributed by atoms with E-state index in [1.165, 1.54) is 6.07 Å². The minimum absolute atomic E-state index is 0.00575. The summed E-state index contributed by atoms with van der Waals surface area (Å²) in [6.45, 7) is -0.00575. The molecule has 0 atom stereocenters. The molecule has 5 heteroatoms. The van der Waals surface area contributed by atoms with Crippen LogP contribution < -0.4 is 0 Å². The number of aromatic nitrogens is 1. The molecule has 0 aliphatic carbocycles. The van der Waals surface area contributed by atoms with E-state index in [1.54, 1.807) is 41.4 Å². The molecule has 2 rings (SSSR count). The van der Waals surface area contributed by atoms with Gasteiger partial charge in [0.1, 0.15) is 10.2 Å². The van der Waals surface area contributed by atoms with Crippen LogP contribution >= 0.6 is 23.1 Å². The lowest BCUT2D eigenvalue weighted by Crippen LogP contribution is -1.88. The fraction of sp³-hybridized carbons (Fsp3) is 0.214. The van der Waals surface area contributed by atoms with Crippen molar-refractivity contribution in [2.45, 2.75) is 16.5 Å². The van der Waals surface area contributed by atoms with Crippen LogP contribution in [-0.2, 0) is 5.75 Å². The van der Waals surface area contributed by atoms with Crippen molar-refractivity contribution in [3.8, 4) is 11.8 Å². The van der Waals surface area contributed by atoms with Crippen molar-refractivity contribution in [3.05, 3.63) is 46.7 Å². The van der Waals surface area contributed by atoms with Gasteiger partial charge in [0, 0.05) is 23.8 Å². The lowest BCUT2D eigenvalue weighted by atomic mass is 10.1. The van der Waals surface area contributed by atoms with E-state index in [1.807, 2.05) is 5.38 Å². The second kappa shape index (κ2) is 7.29. The Balaban J connectivity index is 2.06. The maximum atomic E-state index is 13.5. The standard InChI is InChI=1S/C14H12FNOS2/c15-13-5-4-11(9-12(13)3-1-2-7-17)10-19-14-16-6-8-18-14/h4-6,8-9,17H,2,7,10H2. The number of nitrogens with zero attached hydrogens (tertiary/aromatic N) is 1. The number of halogens is 1. The van der Waals surface area contributed by atoms with Crippen LogP contribution in [0.15, 0.2) is 34.1 Å². The number of thioether (sulfide) groups is 1. The van der Waals surface area contributed by atoms with Crippen LogP contribution in [0.2, 0.25) is 0 Å². The van der Waals surface area contributed by atoms with Gasteiger partial charge in [-0.15, -0.1) is 11.3 Å². The Morgan fingerprint density at radius 3 is 3.05 bits per heavy atom. The number of aliphatic hydroxyl groups is 1. The summed E-state index contributed by atoms with van der Waals surface area (Å²) in [4.78, 5) is 4.18. The molecule has 2 aromatic rings. The van der Waals surface area contributed by atoms with E-state index in [4.69, 9.17) is 5.11 Å². The van der Waals surface area contributed by atoms with Gasteiger partial charge >= 0.3 is 0 Å². The van der Waals surface area contributed by atoms with E-state index >= 15 is 0 Å². The molecule has 0 aliphatic rings. The van der Waals surface area contributed by atoms with Crippen molar-refractivity contribution in [1.29, 1.82) is 0 Å². The Bertz CT molecular complexity index is 587. The monoisotopic (exact) mass is 293 g/mol. The summed E-state index contributed by atoms with van der Waals surface area (Å²) < 4.78 is 14.5. The smallest absolute Gasteiger partial charge is 0.150 e. The van der Waals surface area contributed by atoms with Crippen molar-refractivity contribution in [1.82, 2.24) is 4.98 Å². The van der Waals surface area contributed by atoms with E-state index in [9.17, 15) is 4.39 Å². The van der Waals surface area contributed by atoms with Crippen molar-refractivity contribution in [3.63, 3.8) is 0 Å². The lowest BCUT2D eigenvalue weighted by Gasteiger charge is -2.01. The molecule has 0 bridgehead atoms. The van der Waals surface area contributed by atoms with Crippen LogP contribution in [0.1, 0.15) is 17.5 Å². The molecule has 19 heavy (non-hydrogen) atoms. The van der Waals surface area contributed by atoms with Gasteiger partial charge in [-0.2, -0.15) is 0 Å². The molecule has 98 valence electrons. The quantitative estimate of drug-likeness (QED) is 0.693. The molecule has 1 aromatic heterocycles. The predicted octanol–water partition coefficient (Wildman–Crippen LogP) is 3.31. The molecule has 1 aromatic carbocycles. The largest absolute Gasteiger partial charge is 0.395 e. The number of hydrogen-bond donors (Lipinski definition) is 1. The maximum absolute atomic E-state index is 13.5. The zero-order valence-corrected chi connectivity index (χ0v) is 11.7. The molecule has 1 N–H and O–H groups in total. The van der Waals surface area contributed by atoms with Gasteiger partial charge in [-0.05, 0) is 17.7 Å². The number of thiazole rings is 1. The van der Waals surface area contributed by atoms with Gasteiger partial charge in [-0.1, -0.05) is 29.7 Å². The van der Waals surface area contributed by atoms with Crippen LogP contribution in [0, 0.1) is 17.7 Å². The molecule has 1 heterocycles. The minimum atomic E-state index is -0.326. The predicted molar refractivity (Wildman–Crippen MR) is 76.7 cm³/mol. The number of benzene rings is 1. The Morgan fingerprint density at radius 1 is 1.42 bits per heavy atom. The summed E-state index contributed by atoms with van der Waals surface area (Å²) in [6.07, 6.45) is 2.13. The average Bonchev–Trinajstić information content (AvgIpc) is 2.93. The molecular weight excluding hydrogens is 281 g/mol. The molecule has 2 nitrogen and oxygen atoms in total. The Morgan fingerprint density at radius 2 is 2.32 bits per heavy atom. The van der Waals surface area contributed by atoms with Crippen molar-refractivity contribution < 1.29 is 9.50 Å². The normalized spacial score (nSPS) is 10.0. The van der Waals surface area contributed by atoms with Crippen LogP contribution in [0.5, 0.6) is 0 Å². The maximum Gasteiger partial charge on any atom is 0.150 e. The van der Waals surface area contributed by atoms with Gasteiger partial charge in [-0.25, -0.2) is 9.37 Å². The van der Waals surface area contributed by atoms with Crippen LogP contribution in [0.25, 0.3) is 0 Å². The topological polar surface area (TPSA) is 33.1 Å². The third-order valence-electron chi connectivity index (χ3n) is 2.26. The summed E-state index contributed by atoms with van der Waals surface area (Å²) in [7, 11) is 0. The summed E-state index contributed by atoms with van der Waals surface area (Å²) >= 11 is 3.21. The molecule has 0 spiro atoms. The molecule has 0 saturated heterocycles. The van der Waals surface area contributed by atoms with E-state index in [-0.39, 0.29) is 12.4 Å². The van der Waals surface area contributed by atoms with Gasteiger partial charge in [0.05, 0.1) is 12.2 Å². The zero-order chi connectivity index (χ0) is 13.5. The SMILES string of the molecule is OCCC#Cc1cc(CSc2nccs2)ccc1F. The van der Waals surface area contributed by atoms with E-state index < -0.39 is 0 Å². The van der Waals surface area contributed by atoms with E-state index in [2.05, 4.69) is 16.8 Å². The number of rotatable bonds is 4. The van der Waals surface area contributed by atoms with Crippen molar-refractivity contribution >= 4 is 23.1 Å². The van der Waals surface area contributed by atoms with E-state index in [0.29, 0.717) is 12.0 Å². The molecule has 0 fully saturated rings. The zero-order valence-electron chi connectivity index (χ0n) is 10.1. The van der Waals surface area contributed by atoms with Gasteiger partial charge < -0.3 is 5.11 Å². The van der Waals surface area contributed by atoms with Gasteiger partial charge in [-0.3, -0.25) is 0 Å². The first-order valence-corrected chi connectivity index (χ1v) is 7.56. The summed E-state index contributed by atoms with van der Waals surface area (Å²) in [6, 6.07) is 4.94. The lowest BCUT2D eigenvalue weighted by molar-refractivity contribution is 0.305. The Kier molecular flexibility index (Phi) is 5.40. The van der Waals surface area contributed by atoms with Crippen LogP contribution in [-0.4, -0.2) is 16.7 Å². The van der Waals surface area contributed by atoms with Gasteiger partial charge in [0.15, 0.2) is 0 Å². The molecule has 0 amide bonds. The van der Waals surface area contributed by atoms with Gasteiger partial charge in [0.2, 0.25) is 0 Å². The molecule has 0 saturated carbocycles. The number of hydrogen-bond acceptors (Lipinski definition) is 4. The van der Waals surface area contributed by atoms with Crippen molar-refractivity contribution in [2.24, 2.45) is 0 Å². The summed E-state index contributed by atoms with van der Waals surface area (Å²) in [5.74, 6) is 5.89. The highest BCUT2D eigenvalue weighted by atomic mass is 32.2. The highest BCUT2D eigenvalue weighted by Crippen LogP contribution is 2.25. The third-order valence-corrected chi connectivity index (χ3v) is 4.30. The molecule has 0 aliphatic heterocycles. The minimum Gasteiger partial charge on any atom is -0.395 e. The van der Waals surface area contributed by atoms with Crippen LogP contribution in [0.3, 0.4) is 0 Å². The van der Waals surface area contributed by atoms with Gasteiger partial charge in [0.25, 0.3) is 0 Å². The molecule has 0 unspecified atom stereocenters. The van der Waals surface area contributed by atoms with Crippen LogP contribution in [0.4, 0.5) is 4.39 Å². The first-order valence-electron chi connectivity index (χ1n) is 5.70. The fourth-order valence-corrected chi connectivity index (χ4v) is 2.98. The Hall–Kier alpha value is -1.35. The highest BCUT2D eigenvalue weighted by Gasteiger charge is 2.03. The second-order valence-corrected chi connectivity index (χ2v) is 5.79. The highest BCUT2D eigenvalue weighted by molar-refractivity contribution is 8.00. The third kappa shape index (κ3) is 4.35. The first kappa shape index (κ1) is 14.1. The van der Waals surface area contributed by atoms with Crippen molar-refractivity contribution in [2.75, 3.05) is 6.61 Å². The average molecular weight is 293 g/mol. The summed E-state index contributed by atoms with van der Waals surface area (Å²) in [5.41, 5.74) is 1.39. The second-order valence-electron chi connectivity index (χ2n) is 3.68. The molecular formula is C14H12FNOS2. The fourth-order valence-electron chi connectivity index (χ4n) is 1.40. The first-order chi connectivity index (χ1) is 9.29. The Labute approximate surface area is 119 Å².